The molecule has 3 aliphatic heterocycles. The molecule has 3 amide bonds. The zero-order chi connectivity index (χ0) is 47.0. The van der Waals surface area contributed by atoms with Gasteiger partial charge in [0, 0.05) is 91.7 Å². The lowest BCUT2D eigenvalue weighted by molar-refractivity contribution is -0.155. The number of aromatic nitrogens is 3. The van der Waals surface area contributed by atoms with Crippen molar-refractivity contribution < 1.29 is 37.1 Å². The summed E-state index contributed by atoms with van der Waals surface area (Å²) < 4.78 is 40.8. The van der Waals surface area contributed by atoms with Crippen LogP contribution in [0, 0.1) is 17.3 Å². The van der Waals surface area contributed by atoms with Gasteiger partial charge in [-0.2, -0.15) is 4.31 Å². The molecule has 3 aliphatic rings. The molecule has 5 atom stereocenters. The van der Waals surface area contributed by atoms with Crippen LogP contribution < -0.4 is 10.7 Å². The third kappa shape index (κ3) is 10.1. The van der Waals surface area contributed by atoms with E-state index in [0.717, 1.165) is 44.4 Å². The van der Waals surface area contributed by atoms with Crippen molar-refractivity contribution >= 4 is 56.0 Å². The van der Waals surface area contributed by atoms with Crippen molar-refractivity contribution in [2.24, 2.45) is 24.3 Å². The minimum absolute atomic E-state index is 0.0102. The molecule has 0 aliphatic carbocycles. The highest BCUT2D eigenvalue weighted by Gasteiger charge is 2.41. The molecule has 350 valence electrons. The third-order valence-corrected chi connectivity index (χ3v) is 15.3. The summed E-state index contributed by atoms with van der Waals surface area (Å²) in [4.78, 5) is 68.0. The van der Waals surface area contributed by atoms with Gasteiger partial charge in [-0.1, -0.05) is 39.8 Å². The molecule has 6 bridgehead atoms. The maximum Gasteiger partial charge on any atom is 0.324 e. The number of nitrogens with zero attached hydrogens (tertiary/aromatic N) is 6. The predicted octanol–water partition coefficient (Wildman–Crippen LogP) is 5.39. The Hall–Kier alpha value is -5.01. The van der Waals surface area contributed by atoms with Crippen molar-refractivity contribution in [1.82, 2.24) is 39.5 Å². The summed E-state index contributed by atoms with van der Waals surface area (Å²) in [6.45, 7) is 12.0. The smallest absolute Gasteiger partial charge is 0.324 e. The molecule has 4 aromatic rings. The van der Waals surface area contributed by atoms with Crippen LogP contribution in [-0.2, 0) is 58.6 Å². The fourth-order valence-corrected chi connectivity index (χ4v) is 11.5. The number of nitrogens with one attached hydrogen (secondary N) is 2. The molecule has 65 heavy (non-hydrogen) atoms. The van der Waals surface area contributed by atoms with Crippen molar-refractivity contribution in [2.45, 2.75) is 97.9 Å². The topological polar surface area (TPSA) is 185 Å². The lowest BCUT2D eigenvalue weighted by Gasteiger charge is -2.36. The first kappa shape index (κ1) is 47.9. The Morgan fingerprint density at radius 2 is 1.91 bits per heavy atom. The average Bonchev–Trinajstić information content (AvgIpc) is 4.03. The van der Waals surface area contributed by atoms with E-state index >= 15 is 0 Å². The fourth-order valence-electron chi connectivity index (χ4n) is 9.39. The van der Waals surface area contributed by atoms with Crippen LogP contribution in [0.25, 0.3) is 33.4 Å². The Kier molecular flexibility index (Phi) is 14.3. The number of likely N-dealkylation sites (N-methyl/N-ethyl adjacent to an activating group) is 1. The standard InChI is InChI=1S/C47H62N8O8S2/c1-10-21-65(60,61)54-20-17-31(25-54)44(57)53(8)41(28(2)3)43(56)50-36-23-39-49-37(26-64-39)30-15-16-38-33(22-30)34(42(52(38)7)32-13-11-18-48-40(32)29(4)62-9)24-47(5,6)27-63-46(59)35-14-12-19-55(51-35)45(36)58/h10-11,13,15-16,18,21-22,26,28-29,31,35-36,41,51H,12,14,17,19-20,23-25,27H2,1-9H3,(H,50,56)/b21-10+/t29-,31-,35-,36-,41?/m0/s1. The predicted molar refractivity (Wildman–Crippen MR) is 249 cm³/mol. The van der Waals surface area contributed by atoms with E-state index in [1.165, 1.54) is 31.6 Å². The summed E-state index contributed by atoms with van der Waals surface area (Å²) in [5.41, 5.74) is 9.01. The van der Waals surface area contributed by atoms with Crippen molar-refractivity contribution in [3.05, 3.63) is 69.7 Å². The Morgan fingerprint density at radius 1 is 1.14 bits per heavy atom. The van der Waals surface area contributed by atoms with Gasteiger partial charge in [-0.25, -0.2) is 18.8 Å². The van der Waals surface area contributed by atoms with Gasteiger partial charge in [-0.05, 0) is 75.3 Å². The number of fused-ring (bicyclic) bond motifs is 6. The van der Waals surface area contributed by atoms with E-state index in [0.29, 0.717) is 42.9 Å². The second kappa shape index (κ2) is 19.5. The number of pyridine rings is 1. The number of hydrogen-bond donors (Lipinski definition) is 2. The molecule has 3 aromatic heterocycles. The van der Waals surface area contributed by atoms with Gasteiger partial charge < -0.3 is 24.3 Å². The molecule has 2 saturated heterocycles. The molecule has 0 spiro atoms. The maximum absolute atomic E-state index is 14.6. The zero-order valence-corrected chi connectivity index (χ0v) is 40.4. The van der Waals surface area contributed by atoms with E-state index < -0.39 is 57.3 Å². The number of thiazole rings is 1. The largest absolute Gasteiger partial charge is 0.464 e. The summed E-state index contributed by atoms with van der Waals surface area (Å²) in [5.74, 6) is -2.81. The summed E-state index contributed by atoms with van der Waals surface area (Å²) in [6, 6.07) is 7.34. The highest BCUT2D eigenvalue weighted by molar-refractivity contribution is 7.92. The van der Waals surface area contributed by atoms with Gasteiger partial charge in [-0.3, -0.25) is 29.2 Å². The molecule has 1 aromatic carbocycles. The fraction of sp³-hybridized carbons (Fsp3) is 0.532. The number of rotatable bonds is 10. The van der Waals surface area contributed by atoms with Crippen LogP contribution in [0.4, 0.5) is 0 Å². The van der Waals surface area contributed by atoms with Crippen LogP contribution in [-0.4, -0.2) is 119 Å². The maximum atomic E-state index is 14.6. The minimum Gasteiger partial charge on any atom is -0.464 e. The number of hydrogen-bond acceptors (Lipinski definition) is 12. The van der Waals surface area contributed by atoms with E-state index in [4.69, 9.17) is 19.4 Å². The van der Waals surface area contributed by atoms with Crippen LogP contribution in [0.1, 0.15) is 83.2 Å². The summed E-state index contributed by atoms with van der Waals surface area (Å²) in [7, 11) is 1.60. The van der Waals surface area contributed by atoms with Crippen molar-refractivity contribution in [3.8, 4) is 22.5 Å². The van der Waals surface area contributed by atoms with Gasteiger partial charge in [0.05, 0.1) is 40.7 Å². The number of ether oxygens (including phenoxy) is 2. The molecule has 1 unspecified atom stereocenters. The molecule has 7 rings (SSSR count). The number of methoxy groups -OCH3 is 1. The van der Waals surface area contributed by atoms with E-state index in [9.17, 15) is 27.6 Å². The first-order chi connectivity index (χ1) is 30.8. The van der Waals surface area contributed by atoms with Crippen LogP contribution >= 0.6 is 11.3 Å². The molecule has 0 radical (unpaired) electrons. The molecular formula is C47H62N8O8S2. The quantitative estimate of drug-likeness (QED) is 0.195. The number of carbonyl (C=O) groups is 4. The number of amides is 3. The number of cyclic esters (lactones) is 1. The minimum atomic E-state index is -3.67. The highest BCUT2D eigenvalue weighted by atomic mass is 32.2. The van der Waals surface area contributed by atoms with E-state index in [1.807, 2.05) is 45.3 Å². The van der Waals surface area contributed by atoms with Crippen LogP contribution in [0.3, 0.4) is 0 Å². The number of allylic oxidation sites excluding steroid dienone is 1. The number of hydrazine groups is 1. The van der Waals surface area contributed by atoms with Gasteiger partial charge in [0.2, 0.25) is 21.8 Å². The zero-order valence-electron chi connectivity index (χ0n) is 38.8. The second-order valence-corrected chi connectivity index (χ2v) is 21.3. The second-order valence-electron chi connectivity index (χ2n) is 18.6. The normalized spacial score (nSPS) is 21.9. The molecule has 0 saturated carbocycles. The number of aryl methyl sites for hydroxylation is 1. The van der Waals surface area contributed by atoms with Crippen molar-refractivity contribution in [3.63, 3.8) is 0 Å². The average molecular weight is 931 g/mol. The Balaban J connectivity index is 1.24. The van der Waals surface area contributed by atoms with Crippen molar-refractivity contribution in [2.75, 3.05) is 40.4 Å². The van der Waals surface area contributed by atoms with Gasteiger partial charge in [0.1, 0.15) is 18.1 Å². The molecular weight excluding hydrogens is 869 g/mol. The number of benzene rings is 1. The molecule has 6 heterocycles. The lowest BCUT2D eigenvalue weighted by atomic mass is 9.84. The molecule has 18 heteroatoms. The number of sulfonamides is 1. The SMILES string of the molecule is C/C=C/S(=O)(=O)N1CC[C@H](C(=O)N(C)C(C(=O)N[C@H]2Cc3nc(cs3)-c3ccc4c(c3)c(c(-c3cccnc3[C@H](C)OC)n4C)CC(C)(C)COC(=O)[C@@H]3CCCN(N3)C2=O)C(C)C)C1. The summed E-state index contributed by atoms with van der Waals surface area (Å²) >= 11 is 1.38. The number of carbonyl (C=O) groups excluding carboxylic acids is 4. The van der Waals surface area contributed by atoms with Crippen LogP contribution in [0.15, 0.2) is 53.4 Å². The Labute approximate surface area is 385 Å². The monoisotopic (exact) mass is 930 g/mol. The van der Waals surface area contributed by atoms with Crippen molar-refractivity contribution in [1.29, 1.82) is 0 Å². The molecule has 2 N–H and O–H groups in total. The Morgan fingerprint density at radius 3 is 2.63 bits per heavy atom. The van der Waals surface area contributed by atoms with Gasteiger partial charge >= 0.3 is 5.97 Å². The van der Waals surface area contributed by atoms with E-state index in [1.54, 1.807) is 27.3 Å². The first-order valence-corrected chi connectivity index (χ1v) is 24.7. The third-order valence-electron chi connectivity index (χ3n) is 12.8. The van der Waals surface area contributed by atoms with Crippen LogP contribution in [0.2, 0.25) is 0 Å². The summed E-state index contributed by atoms with van der Waals surface area (Å²) in [6.07, 6.45) is 4.85. The Bertz CT molecular complexity index is 2590. The van der Waals surface area contributed by atoms with Gasteiger partial charge in [0.25, 0.3) is 5.91 Å². The lowest BCUT2D eigenvalue weighted by Crippen LogP contribution is -2.62. The van der Waals surface area contributed by atoms with Crippen LogP contribution in [0.5, 0.6) is 0 Å². The van der Waals surface area contributed by atoms with E-state index in [-0.39, 0.29) is 44.0 Å². The molecule has 16 nitrogen and oxygen atoms in total. The summed E-state index contributed by atoms with van der Waals surface area (Å²) in [5, 5.41) is 9.07. The number of esters is 1. The highest BCUT2D eigenvalue weighted by Crippen LogP contribution is 2.41. The first-order valence-electron chi connectivity index (χ1n) is 22.3. The van der Waals surface area contributed by atoms with Gasteiger partial charge in [0.15, 0.2) is 0 Å². The molecule has 2 fully saturated rings. The van der Waals surface area contributed by atoms with E-state index in [2.05, 4.69) is 47.4 Å². The van der Waals surface area contributed by atoms with Gasteiger partial charge in [-0.15, -0.1) is 11.3 Å².